The van der Waals surface area contributed by atoms with Gasteiger partial charge in [-0.05, 0) is 18.6 Å². The Balaban J connectivity index is 2.69. The van der Waals surface area contributed by atoms with Crippen LogP contribution in [0.1, 0.15) is 25.3 Å². The van der Waals surface area contributed by atoms with Gasteiger partial charge in [-0.1, -0.05) is 29.3 Å². The standard InChI is InChI=1S/C14H18BrNO2/c1-3-4-11(8-15)10-18-14-6-12(9-16)5-13(7-14)17-2/h5-7,11H,3-4,8,10H2,1-2H3. The van der Waals surface area contributed by atoms with Gasteiger partial charge in [0.05, 0.1) is 25.3 Å². The zero-order valence-electron chi connectivity index (χ0n) is 10.8. The zero-order valence-corrected chi connectivity index (χ0v) is 12.4. The third-order valence-corrected chi connectivity index (χ3v) is 3.56. The fourth-order valence-electron chi connectivity index (χ4n) is 1.66. The first-order chi connectivity index (χ1) is 8.73. The van der Waals surface area contributed by atoms with E-state index in [2.05, 4.69) is 28.9 Å². The summed E-state index contributed by atoms with van der Waals surface area (Å²) in [6.45, 7) is 2.81. The molecule has 4 heteroatoms. The lowest BCUT2D eigenvalue weighted by Gasteiger charge is -2.15. The minimum absolute atomic E-state index is 0.492. The third kappa shape index (κ3) is 4.58. The average Bonchev–Trinajstić information content (AvgIpc) is 2.42. The molecule has 0 N–H and O–H groups in total. The van der Waals surface area contributed by atoms with Gasteiger partial charge in [-0.25, -0.2) is 0 Å². The van der Waals surface area contributed by atoms with Crippen LogP contribution in [0.15, 0.2) is 18.2 Å². The molecule has 0 amide bonds. The number of hydrogen-bond acceptors (Lipinski definition) is 3. The molecule has 1 aromatic carbocycles. The van der Waals surface area contributed by atoms with Crippen LogP contribution in [-0.4, -0.2) is 19.0 Å². The monoisotopic (exact) mass is 311 g/mol. The number of hydrogen-bond donors (Lipinski definition) is 0. The van der Waals surface area contributed by atoms with E-state index < -0.39 is 0 Å². The summed E-state index contributed by atoms with van der Waals surface area (Å²) in [6, 6.07) is 7.33. The number of alkyl halides is 1. The molecule has 0 bridgehead atoms. The second kappa shape index (κ2) is 7.99. The molecule has 0 aromatic heterocycles. The quantitative estimate of drug-likeness (QED) is 0.720. The van der Waals surface area contributed by atoms with Crippen molar-refractivity contribution in [1.29, 1.82) is 5.26 Å². The topological polar surface area (TPSA) is 42.2 Å². The van der Waals surface area contributed by atoms with Gasteiger partial charge in [0.15, 0.2) is 0 Å². The first-order valence-electron chi connectivity index (χ1n) is 6.01. The lowest BCUT2D eigenvalue weighted by Crippen LogP contribution is -2.13. The van der Waals surface area contributed by atoms with Crippen LogP contribution in [0.5, 0.6) is 11.5 Å². The molecule has 0 aliphatic carbocycles. The Morgan fingerprint density at radius 3 is 2.61 bits per heavy atom. The van der Waals surface area contributed by atoms with Crippen molar-refractivity contribution in [2.45, 2.75) is 19.8 Å². The van der Waals surface area contributed by atoms with Crippen LogP contribution in [0.3, 0.4) is 0 Å². The highest BCUT2D eigenvalue weighted by molar-refractivity contribution is 9.09. The van der Waals surface area contributed by atoms with E-state index in [0.29, 0.717) is 29.6 Å². The minimum Gasteiger partial charge on any atom is -0.497 e. The number of nitriles is 1. The molecular formula is C14H18BrNO2. The van der Waals surface area contributed by atoms with Gasteiger partial charge in [-0.3, -0.25) is 0 Å². The van der Waals surface area contributed by atoms with Gasteiger partial charge < -0.3 is 9.47 Å². The van der Waals surface area contributed by atoms with Gasteiger partial charge in [-0.15, -0.1) is 0 Å². The van der Waals surface area contributed by atoms with Crippen molar-refractivity contribution in [1.82, 2.24) is 0 Å². The van der Waals surface area contributed by atoms with Gasteiger partial charge >= 0.3 is 0 Å². The molecule has 0 aliphatic rings. The first-order valence-corrected chi connectivity index (χ1v) is 7.13. The van der Waals surface area contributed by atoms with Gasteiger partial charge in [0, 0.05) is 17.3 Å². The van der Waals surface area contributed by atoms with Crippen LogP contribution in [0, 0.1) is 17.2 Å². The molecular weight excluding hydrogens is 294 g/mol. The molecule has 0 heterocycles. The first kappa shape index (κ1) is 14.8. The second-order valence-corrected chi connectivity index (χ2v) is 4.78. The number of halogens is 1. The van der Waals surface area contributed by atoms with E-state index >= 15 is 0 Å². The summed E-state index contributed by atoms with van der Waals surface area (Å²) in [5.74, 6) is 1.83. The van der Waals surface area contributed by atoms with Crippen LogP contribution in [0.2, 0.25) is 0 Å². The molecule has 0 saturated heterocycles. The molecule has 1 rings (SSSR count). The fraction of sp³-hybridized carbons (Fsp3) is 0.500. The average molecular weight is 312 g/mol. The highest BCUT2D eigenvalue weighted by atomic mass is 79.9. The predicted octanol–water partition coefficient (Wildman–Crippen LogP) is 3.76. The number of rotatable bonds is 7. The number of nitrogens with zero attached hydrogens (tertiary/aromatic N) is 1. The molecule has 0 spiro atoms. The van der Waals surface area contributed by atoms with Gasteiger partial charge in [0.1, 0.15) is 11.5 Å². The van der Waals surface area contributed by atoms with E-state index in [-0.39, 0.29) is 0 Å². The van der Waals surface area contributed by atoms with E-state index in [4.69, 9.17) is 14.7 Å². The highest BCUT2D eigenvalue weighted by Gasteiger charge is 2.08. The van der Waals surface area contributed by atoms with Crippen LogP contribution >= 0.6 is 15.9 Å². The molecule has 0 radical (unpaired) electrons. The summed E-state index contributed by atoms with van der Waals surface area (Å²) >= 11 is 3.49. The van der Waals surface area contributed by atoms with Gasteiger partial charge in [-0.2, -0.15) is 5.26 Å². The summed E-state index contributed by atoms with van der Waals surface area (Å²) in [7, 11) is 1.58. The lowest BCUT2D eigenvalue weighted by molar-refractivity contribution is 0.254. The fourth-order valence-corrected chi connectivity index (χ4v) is 2.18. The highest BCUT2D eigenvalue weighted by Crippen LogP contribution is 2.23. The van der Waals surface area contributed by atoms with E-state index in [1.165, 1.54) is 0 Å². The maximum atomic E-state index is 8.92. The van der Waals surface area contributed by atoms with Crippen molar-refractivity contribution in [2.75, 3.05) is 19.0 Å². The van der Waals surface area contributed by atoms with Crippen LogP contribution in [0.4, 0.5) is 0 Å². The van der Waals surface area contributed by atoms with E-state index in [0.717, 1.165) is 18.2 Å². The van der Waals surface area contributed by atoms with Crippen molar-refractivity contribution in [3.8, 4) is 17.6 Å². The number of methoxy groups -OCH3 is 1. The molecule has 3 nitrogen and oxygen atoms in total. The van der Waals surface area contributed by atoms with E-state index in [1.54, 1.807) is 25.3 Å². The second-order valence-electron chi connectivity index (χ2n) is 4.13. The number of benzene rings is 1. The minimum atomic E-state index is 0.492. The lowest BCUT2D eigenvalue weighted by atomic mass is 10.1. The summed E-state index contributed by atoms with van der Waals surface area (Å²) in [5, 5.41) is 9.85. The molecule has 0 fully saturated rings. The Morgan fingerprint density at radius 2 is 2.06 bits per heavy atom. The maximum absolute atomic E-state index is 8.92. The number of ether oxygens (including phenoxy) is 2. The summed E-state index contributed by atoms with van der Waals surface area (Å²) in [5.41, 5.74) is 0.551. The molecule has 1 aromatic rings. The zero-order chi connectivity index (χ0) is 13.4. The van der Waals surface area contributed by atoms with Crippen molar-refractivity contribution < 1.29 is 9.47 Å². The van der Waals surface area contributed by atoms with E-state index in [1.807, 2.05) is 0 Å². The normalized spacial score (nSPS) is 11.7. The molecule has 1 atom stereocenters. The van der Waals surface area contributed by atoms with E-state index in [9.17, 15) is 0 Å². The summed E-state index contributed by atoms with van der Waals surface area (Å²) in [4.78, 5) is 0. The van der Waals surface area contributed by atoms with Crippen LogP contribution in [-0.2, 0) is 0 Å². The largest absolute Gasteiger partial charge is 0.497 e. The van der Waals surface area contributed by atoms with Crippen LogP contribution < -0.4 is 9.47 Å². The molecule has 18 heavy (non-hydrogen) atoms. The Morgan fingerprint density at radius 1 is 1.33 bits per heavy atom. The predicted molar refractivity (Wildman–Crippen MR) is 75.4 cm³/mol. The van der Waals surface area contributed by atoms with Crippen molar-refractivity contribution in [2.24, 2.45) is 5.92 Å². The molecule has 1 unspecified atom stereocenters. The smallest absolute Gasteiger partial charge is 0.124 e. The van der Waals surface area contributed by atoms with Crippen molar-refractivity contribution in [3.05, 3.63) is 23.8 Å². The molecule has 0 saturated carbocycles. The van der Waals surface area contributed by atoms with Gasteiger partial charge in [0.2, 0.25) is 0 Å². The summed E-state index contributed by atoms with van der Waals surface area (Å²) in [6.07, 6.45) is 2.27. The molecule has 98 valence electrons. The SMILES string of the molecule is CCCC(CBr)COc1cc(C#N)cc(OC)c1. The Labute approximate surface area is 117 Å². The van der Waals surface area contributed by atoms with Gasteiger partial charge in [0.25, 0.3) is 0 Å². The molecule has 0 aliphatic heterocycles. The Hall–Kier alpha value is -1.21. The maximum Gasteiger partial charge on any atom is 0.124 e. The Bertz CT molecular complexity index is 415. The van der Waals surface area contributed by atoms with Crippen LogP contribution in [0.25, 0.3) is 0 Å². The third-order valence-electron chi connectivity index (χ3n) is 2.65. The van der Waals surface area contributed by atoms with Crippen molar-refractivity contribution >= 4 is 15.9 Å². The summed E-state index contributed by atoms with van der Waals surface area (Å²) < 4.78 is 10.9. The Kier molecular flexibility index (Phi) is 6.59. The van der Waals surface area contributed by atoms with Crippen molar-refractivity contribution in [3.63, 3.8) is 0 Å².